The molecule has 0 aliphatic carbocycles. The van der Waals surface area contributed by atoms with Crippen LogP contribution in [-0.2, 0) is 14.5 Å². The molecule has 0 amide bonds. The van der Waals surface area contributed by atoms with Gasteiger partial charge in [0.25, 0.3) is 0 Å². The fourth-order valence-corrected chi connectivity index (χ4v) is 1.11. The van der Waals surface area contributed by atoms with Gasteiger partial charge in [0.05, 0.1) is 13.2 Å². The van der Waals surface area contributed by atoms with Crippen LogP contribution >= 0.6 is 0 Å². The molecule has 0 radical (unpaired) electrons. The molecule has 0 aliphatic heterocycles. The van der Waals surface area contributed by atoms with Crippen molar-refractivity contribution in [3.8, 4) is 0 Å². The Morgan fingerprint density at radius 2 is 1.27 bits per heavy atom. The maximum atomic E-state index is 5.37. The molecular weight excluding hydrogens is 192 g/mol. The molecule has 92 valence electrons. The Morgan fingerprint density at radius 3 is 1.93 bits per heavy atom. The van der Waals surface area contributed by atoms with Crippen LogP contribution in [0.2, 0.25) is 0 Å². The Balaban J connectivity index is 2.81. The largest absolute Gasteiger partial charge is 0.381 e. The molecule has 0 saturated carbocycles. The third-order valence-electron chi connectivity index (χ3n) is 2.03. The monoisotopic (exact) mass is 218 g/mol. The second-order valence-corrected chi connectivity index (χ2v) is 3.67. The number of unbranched alkanes of at least 4 members (excludes halogenated alkanes) is 3. The first-order chi connectivity index (χ1) is 7.41. The van der Waals surface area contributed by atoms with Crippen LogP contribution in [-0.4, -0.2) is 26.4 Å². The SMILES string of the molecule is CCCCOOCCCCCOCCC. The number of rotatable bonds is 12. The zero-order chi connectivity index (χ0) is 11.2. The van der Waals surface area contributed by atoms with Gasteiger partial charge in [-0.3, -0.25) is 0 Å². The first-order valence-corrected chi connectivity index (χ1v) is 6.24. The third-order valence-corrected chi connectivity index (χ3v) is 2.03. The molecule has 0 atom stereocenters. The van der Waals surface area contributed by atoms with Gasteiger partial charge in [0.15, 0.2) is 0 Å². The first kappa shape index (κ1) is 14.9. The van der Waals surface area contributed by atoms with Crippen LogP contribution in [0.5, 0.6) is 0 Å². The summed E-state index contributed by atoms with van der Waals surface area (Å²) in [5, 5.41) is 0. The summed E-state index contributed by atoms with van der Waals surface area (Å²) in [4.78, 5) is 10.0. The number of hydrogen-bond donors (Lipinski definition) is 0. The second-order valence-electron chi connectivity index (χ2n) is 3.67. The van der Waals surface area contributed by atoms with E-state index in [1.54, 1.807) is 0 Å². The second kappa shape index (κ2) is 13.9. The highest BCUT2D eigenvalue weighted by molar-refractivity contribution is 4.39. The van der Waals surface area contributed by atoms with Gasteiger partial charge in [-0.2, -0.15) is 0 Å². The lowest BCUT2D eigenvalue weighted by Crippen LogP contribution is -2.00. The highest BCUT2D eigenvalue weighted by Crippen LogP contribution is 1.98. The molecule has 0 rings (SSSR count). The van der Waals surface area contributed by atoms with Crippen LogP contribution in [0.25, 0.3) is 0 Å². The summed E-state index contributed by atoms with van der Waals surface area (Å²) in [7, 11) is 0. The van der Waals surface area contributed by atoms with E-state index >= 15 is 0 Å². The van der Waals surface area contributed by atoms with Crippen molar-refractivity contribution in [3.05, 3.63) is 0 Å². The van der Waals surface area contributed by atoms with Gasteiger partial charge in [-0.15, -0.1) is 0 Å². The van der Waals surface area contributed by atoms with Crippen molar-refractivity contribution in [2.24, 2.45) is 0 Å². The van der Waals surface area contributed by atoms with E-state index in [0.29, 0.717) is 6.61 Å². The van der Waals surface area contributed by atoms with Crippen LogP contribution < -0.4 is 0 Å². The van der Waals surface area contributed by atoms with Crippen LogP contribution in [0.3, 0.4) is 0 Å². The van der Waals surface area contributed by atoms with Gasteiger partial charge in [0, 0.05) is 13.2 Å². The summed E-state index contributed by atoms with van der Waals surface area (Å²) in [6, 6.07) is 0. The summed E-state index contributed by atoms with van der Waals surface area (Å²) in [5.74, 6) is 0. The summed E-state index contributed by atoms with van der Waals surface area (Å²) in [6.07, 6.45) is 6.66. The van der Waals surface area contributed by atoms with Gasteiger partial charge in [0.1, 0.15) is 0 Å². The molecule has 0 aromatic rings. The molecule has 0 fully saturated rings. The molecular formula is C12H26O3. The molecule has 0 saturated heterocycles. The first-order valence-electron chi connectivity index (χ1n) is 6.24. The Morgan fingerprint density at radius 1 is 0.600 bits per heavy atom. The Hall–Kier alpha value is -0.120. The topological polar surface area (TPSA) is 27.7 Å². The summed E-state index contributed by atoms with van der Waals surface area (Å²) in [5.41, 5.74) is 0. The van der Waals surface area contributed by atoms with Crippen LogP contribution in [0.4, 0.5) is 0 Å². The quantitative estimate of drug-likeness (QED) is 0.286. The lowest BCUT2D eigenvalue weighted by molar-refractivity contribution is -0.295. The molecule has 0 spiro atoms. The standard InChI is InChI=1S/C12H26O3/c1-3-5-11-14-15-12-8-6-7-10-13-9-4-2/h3-12H2,1-2H3. The van der Waals surface area contributed by atoms with Gasteiger partial charge in [-0.25, -0.2) is 9.78 Å². The molecule has 3 nitrogen and oxygen atoms in total. The minimum atomic E-state index is 0.706. The normalized spacial score (nSPS) is 10.8. The molecule has 3 heteroatoms. The lowest BCUT2D eigenvalue weighted by atomic mass is 10.2. The number of ether oxygens (including phenoxy) is 1. The highest BCUT2D eigenvalue weighted by atomic mass is 17.2. The van der Waals surface area contributed by atoms with Crippen molar-refractivity contribution in [1.82, 2.24) is 0 Å². The lowest BCUT2D eigenvalue weighted by Gasteiger charge is -2.04. The van der Waals surface area contributed by atoms with Gasteiger partial charge < -0.3 is 4.74 Å². The molecule has 0 aromatic carbocycles. The fourth-order valence-electron chi connectivity index (χ4n) is 1.11. The van der Waals surface area contributed by atoms with Gasteiger partial charge in [-0.1, -0.05) is 20.3 Å². The maximum absolute atomic E-state index is 5.37. The van der Waals surface area contributed by atoms with E-state index in [2.05, 4.69) is 13.8 Å². The van der Waals surface area contributed by atoms with E-state index in [1.165, 1.54) is 0 Å². The minimum Gasteiger partial charge on any atom is -0.381 e. The molecule has 15 heavy (non-hydrogen) atoms. The minimum absolute atomic E-state index is 0.706. The van der Waals surface area contributed by atoms with E-state index in [-0.39, 0.29) is 0 Å². The molecule has 0 N–H and O–H groups in total. The molecule has 0 bridgehead atoms. The van der Waals surface area contributed by atoms with Crippen LogP contribution in [0.1, 0.15) is 52.4 Å². The van der Waals surface area contributed by atoms with E-state index in [1.807, 2.05) is 0 Å². The van der Waals surface area contributed by atoms with E-state index in [4.69, 9.17) is 14.5 Å². The van der Waals surface area contributed by atoms with Crippen molar-refractivity contribution in [2.75, 3.05) is 26.4 Å². The third kappa shape index (κ3) is 13.9. The average molecular weight is 218 g/mol. The predicted octanol–water partition coefficient (Wildman–Crippen LogP) is 3.33. The van der Waals surface area contributed by atoms with Gasteiger partial charge >= 0.3 is 0 Å². The molecule has 0 heterocycles. The maximum Gasteiger partial charge on any atom is 0.0822 e. The Kier molecular flexibility index (Phi) is 13.8. The van der Waals surface area contributed by atoms with Crippen molar-refractivity contribution in [1.29, 1.82) is 0 Å². The smallest absolute Gasteiger partial charge is 0.0822 e. The predicted molar refractivity (Wildman–Crippen MR) is 61.8 cm³/mol. The van der Waals surface area contributed by atoms with E-state index in [0.717, 1.165) is 58.3 Å². The van der Waals surface area contributed by atoms with Gasteiger partial charge in [-0.05, 0) is 32.1 Å². The summed E-state index contributed by atoms with van der Waals surface area (Å²) >= 11 is 0. The molecule has 0 aliphatic rings. The average Bonchev–Trinajstić information content (AvgIpc) is 2.26. The van der Waals surface area contributed by atoms with Gasteiger partial charge in [0.2, 0.25) is 0 Å². The summed E-state index contributed by atoms with van der Waals surface area (Å²) in [6.45, 7) is 7.45. The Bertz CT molecular complexity index is 95.0. The summed E-state index contributed by atoms with van der Waals surface area (Å²) < 4.78 is 5.37. The van der Waals surface area contributed by atoms with Crippen molar-refractivity contribution < 1.29 is 14.5 Å². The highest BCUT2D eigenvalue weighted by Gasteiger charge is 1.92. The van der Waals surface area contributed by atoms with Crippen LogP contribution in [0.15, 0.2) is 0 Å². The van der Waals surface area contributed by atoms with Crippen molar-refractivity contribution in [2.45, 2.75) is 52.4 Å². The zero-order valence-corrected chi connectivity index (χ0v) is 10.3. The zero-order valence-electron chi connectivity index (χ0n) is 10.3. The van der Waals surface area contributed by atoms with Crippen LogP contribution in [0, 0.1) is 0 Å². The van der Waals surface area contributed by atoms with Crippen molar-refractivity contribution >= 4 is 0 Å². The fraction of sp³-hybridized carbons (Fsp3) is 1.00. The number of hydrogen-bond acceptors (Lipinski definition) is 3. The molecule has 0 aromatic heterocycles. The molecule has 0 unspecified atom stereocenters. The van der Waals surface area contributed by atoms with E-state index < -0.39 is 0 Å². The van der Waals surface area contributed by atoms with E-state index in [9.17, 15) is 0 Å². The Labute approximate surface area is 94.0 Å². The van der Waals surface area contributed by atoms with Crippen molar-refractivity contribution in [3.63, 3.8) is 0 Å².